The highest BCUT2D eigenvalue weighted by molar-refractivity contribution is 5.89. The average Bonchev–Trinajstić information content (AvgIpc) is 2.55. The minimum absolute atomic E-state index is 0.0356. The number of hydrogen-bond acceptors (Lipinski definition) is 8. The van der Waals surface area contributed by atoms with Crippen molar-refractivity contribution in [2.24, 2.45) is 5.73 Å². The van der Waals surface area contributed by atoms with E-state index in [0.717, 1.165) is 0 Å². The van der Waals surface area contributed by atoms with E-state index in [-0.39, 0.29) is 6.54 Å². The van der Waals surface area contributed by atoms with Crippen molar-refractivity contribution in [3.8, 4) is 5.75 Å². The molecule has 1 heterocycles. The fraction of sp³-hybridized carbons (Fsp3) is 0.500. The quantitative estimate of drug-likeness (QED) is 0.500. The van der Waals surface area contributed by atoms with Gasteiger partial charge in [0, 0.05) is 6.54 Å². The summed E-state index contributed by atoms with van der Waals surface area (Å²) in [6.45, 7) is -0.0356. The summed E-state index contributed by atoms with van der Waals surface area (Å²) in [5.41, 5.74) is 5.78. The Morgan fingerprint density at radius 1 is 1.18 bits per heavy atom. The van der Waals surface area contributed by atoms with Crippen LogP contribution in [0, 0.1) is 0 Å². The van der Waals surface area contributed by atoms with Gasteiger partial charge in [0.15, 0.2) is 0 Å². The number of aliphatic hydroxyl groups excluding tert-OH is 3. The molecule has 122 valence electrons. The number of nitrogens with two attached hydrogens (primary N) is 1. The second-order valence-corrected chi connectivity index (χ2v) is 4.88. The Labute approximate surface area is 127 Å². The lowest BCUT2D eigenvalue weighted by Gasteiger charge is -2.39. The topological polar surface area (TPSA) is 131 Å². The van der Waals surface area contributed by atoms with Gasteiger partial charge in [-0.2, -0.15) is 0 Å². The molecule has 0 bridgehead atoms. The van der Waals surface area contributed by atoms with Gasteiger partial charge in [-0.25, -0.2) is 4.79 Å². The van der Waals surface area contributed by atoms with Gasteiger partial charge in [-0.3, -0.25) is 0 Å². The summed E-state index contributed by atoms with van der Waals surface area (Å²) in [6, 6.07) is 5.97. The Kier molecular flexibility index (Phi) is 5.33. The third kappa shape index (κ3) is 3.37. The molecule has 8 nitrogen and oxygen atoms in total. The number of ether oxygens (including phenoxy) is 3. The van der Waals surface area contributed by atoms with Crippen LogP contribution in [0.1, 0.15) is 10.4 Å². The lowest BCUT2D eigenvalue weighted by molar-refractivity contribution is -0.269. The molecular formula is C14H19NO7. The SMILES string of the molecule is COC(=O)c1ccc(O[C@@H]2O[C@H](CN)[C@H](O)[C@H](O)[C@H]2O)cc1. The molecule has 2 rings (SSSR count). The van der Waals surface area contributed by atoms with E-state index in [0.29, 0.717) is 11.3 Å². The Morgan fingerprint density at radius 3 is 2.36 bits per heavy atom. The first-order valence-electron chi connectivity index (χ1n) is 6.72. The molecule has 1 saturated heterocycles. The van der Waals surface area contributed by atoms with Crippen molar-refractivity contribution in [2.45, 2.75) is 30.7 Å². The summed E-state index contributed by atoms with van der Waals surface area (Å²) in [5, 5.41) is 29.4. The monoisotopic (exact) mass is 313 g/mol. The highest BCUT2D eigenvalue weighted by Crippen LogP contribution is 2.24. The molecule has 5 atom stereocenters. The Balaban J connectivity index is 2.07. The Morgan fingerprint density at radius 2 is 1.82 bits per heavy atom. The van der Waals surface area contributed by atoms with Gasteiger partial charge >= 0.3 is 5.97 Å². The van der Waals surface area contributed by atoms with Crippen LogP contribution in [0.15, 0.2) is 24.3 Å². The fourth-order valence-corrected chi connectivity index (χ4v) is 2.13. The molecule has 1 aliphatic rings. The number of benzene rings is 1. The summed E-state index contributed by atoms with van der Waals surface area (Å²) in [7, 11) is 1.28. The van der Waals surface area contributed by atoms with Crippen molar-refractivity contribution in [1.29, 1.82) is 0 Å². The first-order chi connectivity index (χ1) is 10.5. The van der Waals surface area contributed by atoms with Gasteiger partial charge in [-0.15, -0.1) is 0 Å². The van der Waals surface area contributed by atoms with Crippen molar-refractivity contribution in [1.82, 2.24) is 0 Å². The standard InChI is InChI=1S/C14H19NO7/c1-20-13(19)7-2-4-8(5-3-7)21-14-12(18)11(17)10(16)9(6-15)22-14/h2-5,9-12,14,16-18H,6,15H2,1H3/t9-,10+,11+,12-,14-/m1/s1. The zero-order chi connectivity index (χ0) is 16.3. The minimum Gasteiger partial charge on any atom is -0.465 e. The molecule has 8 heteroatoms. The molecule has 0 amide bonds. The van der Waals surface area contributed by atoms with Crippen molar-refractivity contribution in [2.75, 3.05) is 13.7 Å². The lowest BCUT2D eigenvalue weighted by Crippen LogP contribution is -2.60. The van der Waals surface area contributed by atoms with E-state index >= 15 is 0 Å². The fourth-order valence-electron chi connectivity index (χ4n) is 2.13. The highest BCUT2D eigenvalue weighted by Gasteiger charge is 2.44. The number of rotatable bonds is 4. The predicted molar refractivity (Wildman–Crippen MR) is 74.1 cm³/mol. The van der Waals surface area contributed by atoms with Crippen LogP contribution >= 0.6 is 0 Å². The zero-order valence-electron chi connectivity index (χ0n) is 12.0. The van der Waals surface area contributed by atoms with Crippen LogP contribution in [-0.4, -0.2) is 65.6 Å². The first-order valence-corrected chi connectivity index (χ1v) is 6.72. The number of carbonyl (C=O) groups is 1. The van der Waals surface area contributed by atoms with E-state index in [1.54, 1.807) is 0 Å². The number of hydrogen-bond donors (Lipinski definition) is 4. The molecular weight excluding hydrogens is 294 g/mol. The van der Waals surface area contributed by atoms with Crippen LogP contribution in [-0.2, 0) is 9.47 Å². The maximum atomic E-state index is 11.3. The van der Waals surface area contributed by atoms with Crippen LogP contribution in [0.3, 0.4) is 0 Å². The average molecular weight is 313 g/mol. The summed E-state index contributed by atoms with van der Waals surface area (Å²) in [6.07, 6.45) is -6.19. The van der Waals surface area contributed by atoms with Crippen molar-refractivity contribution >= 4 is 5.97 Å². The van der Waals surface area contributed by atoms with Crippen LogP contribution in [0.25, 0.3) is 0 Å². The molecule has 1 aliphatic heterocycles. The molecule has 0 spiro atoms. The number of methoxy groups -OCH3 is 1. The van der Waals surface area contributed by atoms with Gasteiger partial charge in [0.1, 0.15) is 30.2 Å². The van der Waals surface area contributed by atoms with Gasteiger partial charge in [0.25, 0.3) is 0 Å². The van der Waals surface area contributed by atoms with Crippen LogP contribution in [0.5, 0.6) is 5.75 Å². The number of esters is 1. The highest BCUT2D eigenvalue weighted by atomic mass is 16.7. The van der Waals surface area contributed by atoms with Gasteiger partial charge in [0.2, 0.25) is 6.29 Å². The predicted octanol–water partition coefficient (Wildman–Crippen LogP) is -1.38. The summed E-state index contributed by atoms with van der Waals surface area (Å²) in [4.78, 5) is 11.3. The number of carbonyl (C=O) groups excluding carboxylic acids is 1. The summed E-state index contributed by atoms with van der Waals surface area (Å²) < 4.78 is 15.3. The molecule has 1 aromatic rings. The van der Waals surface area contributed by atoms with Gasteiger partial charge in [-0.1, -0.05) is 0 Å². The van der Waals surface area contributed by atoms with Crippen LogP contribution in [0.4, 0.5) is 0 Å². The van der Waals surface area contributed by atoms with Gasteiger partial charge in [0.05, 0.1) is 12.7 Å². The number of aliphatic hydroxyl groups is 3. The van der Waals surface area contributed by atoms with E-state index in [2.05, 4.69) is 4.74 Å². The van der Waals surface area contributed by atoms with E-state index in [9.17, 15) is 20.1 Å². The molecule has 5 N–H and O–H groups in total. The molecule has 0 radical (unpaired) electrons. The summed E-state index contributed by atoms with van der Waals surface area (Å²) in [5.74, 6) is -0.168. The zero-order valence-corrected chi connectivity index (χ0v) is 12.0. The first kappa shape index (κ1) is 16.7. The van der Waals surface area contributed by atoms with E-state index in [1.807, 2.05) is 0 Å². The maximum absolute atomic E-state index is 11.3. The normalized spacial score (nSPS) is 31.6. The molecule has 1 fully saturated rings. The van der Waals surface area contributed by atoms with Crippen molar-refractivity contribution < 1.29 is 34.3 Å². The van der Waals surface area contributed by atoms with Crippen LogP contribution in [0.2, 0.25) is 0 Å². The molecule has 0 unspecified atom stereocenters. The third-order valence-electron chi connectivity index (χ3n) is 3.43. The van der Waals surface area contributed by atoms with Crippen LogP contribution < -0.4 is 10.5 Å². The maximum Gasteiger partial charge on any atom is 0.337 e. The van der Waals surface area contributed by atoms with Crippen molar-refractivity contribution in [3.63, 3.8) is 0 Å². The van der Waals surface area contributed by atoms with E-state index in [4.69, 9.17) is 15.2 Å². The summed E-state index contributed by atoms with van der Waals surface area (Å²) >= 11 is 0. The molecule has 1 aromatic carbocycles. The van der Waals surface area contributed by atoms with Gasteiger partial charge in [-0.05, 0) is 24.3 Å². The Bertz CT molecular complexity index is 504. The van der Waals surface area contributed by atoms with E-state index in [1.165, 1.54) is 31.4 Å². The largest absolute Gasteiger partial charge is 0.465 e. The molecule has 0 aliphatic carbocycles. The van der Waals surface area contributed by atoms with Gasteiger partial charge < -0.3 is 35.3 Å². The lowest BCUT2D eigenvalue weighted by atomic mass is 9.99. The molecule has 0 saturated carbocycles. The second-order valence-electron chi connectivity index (χ2n) is 4.88. The molecule has 22 heavy (non-hydrogen) atoms. The van der Waals surface area contributed by atoms with E-state index < -0.39 is 36.7 Å². The minimum atomic E-state index is -1.43. The third-order valence-corrected chi connectivity index (χ3v) is 3.43. The second kappa shape index (κ2) is 7.03. The molecule has 0 aromatic heterocycles. The smallest absolute Gasteiger partial charge is 0.337 e. The van der Waals surface area contributed by atoms with Crippen molar-refractivity contribution in [3.05, 3.63) is 29.8 Å². The Hall–Kier alpha value is -1.71.